The normalized spacial score (nSPS) is 22.6. The van der Waals surface area contributed by atoms with Crippen molar-refractivity contribution >= 4 is 29.9 Å². The van der Waals surface area contributed by atoms with Crippen molar-refractivity contribution < 1.29 is 68.7 Å². The van der Waals surface area contributed by atoms with E-state index in [9.17, 15) is 45.0 Å². The number of hydrogen-bond acceptors (Lipinski definition) is 14. The molecule has 1 saturated heterocycles. The number of carbonyl (C=O) groups excluding carboxylic acids is 3. The van der Waals surface area contributed by atoms with Crippen molar-refractivity contribution in [1.82, 2.24) is 0 Å². The largest absolute Gasteiger partial charge is 0.508 e. The molecule has 53 heavy (non-hydrogen) atoms. The van der Waals surface area contributed by atoms with Crippen LogP contribution in [0.15, 0.2) is 97.1 Å². The zero-order valence-corrected chi connectivity index (χ0v) is 27.7. The summed E-state index contributed by atoms with van der Waals surface area (Å²) in [5.74, 6) is -2.77. The third-order valence-electron chi connectivity index (χ3n) is 8.38. The number of rotatable bonds is 10. The highest BCUT2D eigenvalue weighted by Gasteiger charge is 2.48. The molecule has 14 nitrogen and oxygen atoms in total. The van der Waals surface area contributed by atoms with Gasteiger partial charge in [-0.1, -0.05) is 36.4 Å². The van der Waals surface area contributed by atoms with Gasteiger partial charge in [0.25, 0.3) is 0 Å². The number of phenols is 4. The van der Waals surface area contributed by atoms with Crippen LogP contribution < -0.4 is 9.47 Å². The van der Waals surface area contributed by atoms with E-state index in [1.165, 1.54) is 54.6 Å². The number of fused-ring (bicyclic) bond motifs is 1. The number of carbonyl (C=O) groups is 3. The topological polar surface area (TPSA) is 219 Å². The molecule has 0 bridgehead atoms. The highest BCUT2D eigenvalue weighted by atomic mass is 16.7. The third kappa shape index (κ3) is 8.94. The lowest BCUT2D eigenvalue weighted by Crippen LogP contribution is -2.61. The molecule has 0 aliphatic carbocycles. The van der Waals surface area contributed by atoms with Crippen molar-refractivity contribution in [1.29, 1.82) is 0 Å². The third-order valence-corrected chi connectivity index (χ3v) is 8.38. The number of hydrogen-bond donors (Lipinski definition) is 6. The Balaban J connectivity index is 1.21. The molecule has 2 aliphatic heterocycles. The molecule has 4 aromatic rings. The fourth-order valence-electron chi connectivity index (χ4n) is 5.65. The first-order chi connectivity index (χ1) is 25.4. The Labute approximate surface area is 302 Å². The summed E-state index contributed by atoms with van der Waals surface area (Å²) in [5, 5.41) is 61.9. The van der Waals surface area contributed by atoms with Crippen LogP contribution in [0, 0.1) is 0 Å². The van der Waals surface area contributed by atoms with Gasteiger partial charge in [0, 0.05) is 24.3 Å². The number of ketones is 1. The second-order valence-corrected chi connectivity index (χ2v) is 12.2. The molecule has 0 saturated carbocycles. The van der Waals surface area contributed by atoms with E-state index in [1.807, 2.05) is 0 Å². The first-order valence-corrected chi connectivity index (χ1v) is 16.3. The van der Waals surface area contributed by atoms with Gasteiger partial charge < -0.3 is 54.3 Å². The summed E-state index contributed by atoms with van der Waals surface area (Å²) in [6.07, 6.45) is -4.20. The summed E-state index contributed by atoms with van der Waals surface area (Å²) >= 11 is 0. The van der Waals surface area contributed by atoms with Gasteiger partial charge in [0.1, 0.15) is 65.0 Å². The van der Waals surface area contributed by atoms with E-state index >= 15 is 0 Å². The summed E-state index contributed by atoms with van der Waals surface area (Å²) < 4.78 is 28.4. The molecule has 6 N–H and O–H groups in total. The Bertz CT molecular complexity index is 2000. The summed E-state index contributed by atoms with van der Waals surface area (Å²) in [4.78, 5) is 38.4. The number of phenolic OH excluding ortho intramolecular Hbond substituents is 4. The highest BCUT2D eigenvalue weighted by Crippen LogP contribution is 2.43. The van der Waals surface area contributed by atoms with Crippen LogP contribution in [-0.2, 0) is 23.8 Å². The summed E-state index contributed by atoms with van der Waals surface area (Å²) in [7, 11) is 0. The Morgan fingerprint density at radius 2 is 1.32 bits per heavy atom. The van der Waals surface area contributed by atoms with Gasteiger partial charge in [0.2, 0.25) is 6.29 Å². The summed E-state index contributed by atoms with van der Waals surface area (Å²) in [6.45, 7) is -0.578. The Morgan fingerprint density at radius 1 is 0.755 bits per heavy atom. The van der Waals surface area contributed by atoms with Crippen LogP contribution in [0.5, 0.6) is 34.5 Å². The number of aliphatic hydroxyl groups excluding tert-OH is 2. The second kappa shape index (κ2) is 15.9. The Kier molecular flexibility index (Phi) is 10.9. The van der Waals surface area contributed by atoms with E-state index in [-0.39, 0.29) is 40.7 Å². The van der Waals surface area contributed by atoms with E-state index < -0.39 is 66.9 Å². The number of esters is 2. The molecule has 6 atom stereocenters. The van der Waals surface area contributed by atoms with Gasteiger partial charge in [0.05, 0.1) is 6.42 Å². The van der Waals surface area contributed by atoms with Crippen LogP contribution >= 0.6 is 0 Å². The molecule has 2 heterocycles. The molecular formula is C39H34O14. The minimum absolute atomic E-state index is 0.0226. The average Bonchev–Trinajstić information content (AvgIpc) is 3.13. The van der Waals surface area contributed by atoms with Crippen LogP contribution in [0.1, 0.15) is 39.6 Å². The standard InChI is InChI=1S/C39H34O14/c40-24-9-1-21(2-10-24)5-15-33(45)49-20-32-36(47)38(53-34(46)16-6-22-3-11-25(41)12-4-22)37(48)39(52-32)50-27-17-28(43)35-29(44)19-30(51-31(35)18-27)23-7-13-26(42)14-8-23/h1-18,30,32,36-43,47-48H,19-20H2/t30-,32-,36+,37+,38-,39+/m0/s1. The minimum Gasteiger partial charge on any atom is -0.508 e. The first-order valence-electron chi connectivity index (χ1n) is 16.3. The number of aliphatic hydroxyl groups is 2. The lowest BCUT2D eigenvalue weighted by Gasteiger charge is -2.41. The summed E-state index contributed by atoms with van der Waals surface area (Å²) in [6, 6.07) is 20.4. The van der Waals surface area contributed by atoms with Gasteiger partial charge >= 0.3 is 11.9 Å². The predicted octanol–water partition coefficient (Wildman–Crippen LogP) is 3.92. The van der Waals surface area contributed by atoms with E-state index in [0.29, 0.717) is 16.7 Å². The SMILES string of the molecule is O=C(C=Cc1ccc(O)cc1)OC[C@@H]1O[C@@H](Oc2cc(O)c3c(c2)O[C@H](c2ccc(O)cc2)CC3=O)[C@H](O)[C@@H](OC(=O)C=Cc2ccc(O)cc2)[C@@H]1O. The monoisotopic (exact) mass is 726 g/mol. The molecule has 0 unspecified atom stereocenters. The first kappa shape index (κ1) is 36.4. The van der Waals surface area contributed by atoms with E-state index in [4.69, 9.17) is 23.7 Å². The molecule has 4 aromatic carbocycles. The smallest absolute Gasteiger partial charge is 0.331 e. The molecule has 0 aromatic heterocycles. The average molecular weight is 727 g/mol. The van der Waals surface area contributed by atoms with E-state index in [0.717, 1.165) is 18.2 Å². The molecule has 0 radical (unpaired) electrons. The van der Waals surface area contributed by atoms with E-state index in [1.54, 1.807) is 36.4 Å². The molecular weight excluding hydrogens is 692 g/mol. The maximum absolute atomic E-state index is 13.0. The zero-order chi connectivity index (χ0) is 37.6. The number of Topliss-reactive ketones (excluding diaryl/α,β-unsaturated/α-hetero) is 1. The van der Waals surface area contributed by atoms with Crippen molar-refractivity contribution in [2.45, 2.75) is 43.2 Å². The second-order valence-electron chi connectivity index (χ2n) is 12.2. The van der Waals surface area contributed by atoms with Gasteiger partial charge in [-0.2, -0.15) is 0 Å². The number of ether oxygens (including phenoxy) is 5. The van der Waals surface area contributed by atoms with Crippen LogP contribution in [0.3, 0.4) is 0 Å². The number of aromatic hydroxyl groups is 4. The van der Waals surface area contributed by atoms with Crippen molar-refractivity contribution in [3.8, 4) is 34.5 Å². The molecule has 14 heteroatoms. The van der Waals surface area contributed by atoms with Crippen LogP contribution in [0.25, 0.3) is 12.2 Å². The minimum atomic E-state index is -1.83. The zero-order valence-electron chi connectivity index (χ0n) is 27.7. The lowest BCUT2D eigenvalue weighted by atomic mass is 9.95. The van der Waals surface area contributed by atoms with Crippen LogP contribution in [0.2, 0.25) is 0 Å². The molecule has 0 amide bonds. The van der Waals surface area contributed by atoms with Gasteiger partial charge in [-0.05, 0) is 65.2 Å². The van der Waals surface area contributed by atoms with Crippen LogP contribution in [0.4, 0.5) is 0 Å². The van der Waals surface area contributed by atoms with Gasteiger partial charge in [-0.25, -0.2) is 9.59 Å². The molecule has 0 spiro atoms. The van der Waals surface area contributed by atoms with E-state index in [2.05, 4.69) is 0 Å². The van der Waals surface area contributed by atoms with Crippen molar-refractivity contribution in [3.63, 3.8) is 0 Å². The quantitative estimate of drug-likeness (QED) is 0.101. The fourth-order valence-corrected chi connectivity index (χ4v) is 5.65. The van der Waals surface area contributed by atoms with Crippen LogP contribution in [-0.4, -0.2) is 85.7 Å². The molecule has 1 fully saturated rings. The molecule has 6 rings (SSSR count). The number of benzene rings is 4. The Morgan fingerprint density at radius 3 is 1.92 bits per heavy atom. The van der Waals surface area contributed by atoms with Crippen molar-refractivity contribution in [2.75, 3.05) is 6.61 Å². The predicted molar refractivity (Wildman–Crippen MR) is 185 cm³/mol. The van der Waals surface area contributed by atoms with Gasteiger partial charge in [0.15, 0.2) is 18.0 Å². The Hall–Kier alpha value is -6.35. The molecule has 2 aliphatic rings. The maximum atomic E-state index is 13.0. The van der Waals surface area contributed by atoms with Crippen molar-refractivity contribution in [3.05, 3.63) is 119 Å². The summed E-state index contributed by atoms with van der Waals surface area (Å²) in [5.41, 5.74) is 1.63. The van der Waals surface area contributed by atoms with Crippen molar-refractivity contribution in [2.24, 2.45) is 0 Å². The lowest BCUT2D eigenvalue weighted by molar-refractivity contribution is -0.281. The van der Waals surface area contributed by atoms with Gasteiger partial charge in [-0.3, -0.25) is 4.79 Å². The molecule has 274 valence electrons. The fraction of sp³-hybridized carbons (Fsp3) is 0.205. The highest BCUT2D eigenvalue weighted by molar-refractivity contribution is 6.02. The van der Waals surface area contributed by atoms with Gasteiger partial charge in [-0.15, -0.1) is 0 Å². The maximum Gasteiger partial charge on any atom is 0.331 e.